The number of aromatic nitrogens is 2. The summed E-state index contributed by atoms with van der Waals surface area (Å²) >= 11 is 0. The third-order valence-corrected chi connectivity index (χ3v) is 3.39. The van der Waals surface area contributed by atoms with Crippen molar-refractivity contribution in [2.24, 2.45) is 0 Å². The van der Waals surface area contributed by atoms with Crippen LogP contribution >= 0.6 is 0 Å². The maximum Gasteiger partial charge on any atom is 0.337 e. The largest absolute Gasteiger partial charge is 0.465 e. The fraction of sp³-hybridized carbons (Fsp3) is 0.217. The van der Waals surface area contributed by atoms with Crippen molar-refractivity contribution in [2.45, 2.75) is 27.7 Å². The van der Waals surface area contributed by atoms with Crippen LogP contribution in [0.4, 0.5) is 4.39 Å². The minimum Gasteiger partial charge on any atom is -0.465 e. The molecule has 0 spiro atoms. The lowest BCUT2D eigenvalue weighted by molar-refractivity contribution is 0.0600. The van der Waals surface area contributed by atoms with Gasteiger partial charge in [-0.25, -0.2) is 14.2 Å². The number of carbonyl (C=O) groups excluding carboxylic acids is 1. The van der Waals surface area contributed by atoms with E-state index in [4.69, 9.17) is 4.74 Å². The van der Waals surface area contributed by atoms with Gasteiger partial charge in [0.05, 0.1) is 24.7 Å². The number of carbonyl (C=O) groups is 1. The first-order valence-corrected chi connectivity index (χ1v) is 9.15. The van der Waals surface area contributed by atoms with Gasteiger partial charge in [-0.3, -0.25) is 0 Å². The zero-order valence-electron chi connectivity index (χ0n) is 16.9. The number of imidazole rings is 1. The van der Waals surface area contributed by atoms with E-state index in [0.29, 0.717) is 16.7 Å². The fourth-order valence-electron chi connectivity index (χ4n) is 2.18. The molecule has 1 aromatic heterocycles. The number of nitrogens with zero attached hydrogens (tertiary/aromatic N) is 2. The Morgan fingerprint density at radius 3 is 2.29 bits per heavy atom. The van der Waals surface area contributed by atoms with Crippen molar-refractivity contribution in [3.05, 3.63) is 83.7 Å². The topological polar surface area (TPSA) is 44.1 Å². The minimum atomic E-state index is -0.433. The van der Waals surface area contributed by atoms with Crippen molar-refractivity contribution in [3.63, 3.8) is 0 Å². The van der Waals surface area contributed by atoms with Crippen molar-refractivity contribution < 1.29 is 13.9 Å². The number of ether oxygens (including phenoxy) is 1. The van der Waals surface area contributed by atoms with Gasteiger partial charge >= 0.3 is 5.97 Å². The van der Waals surface area contributed by atoms with E-state index in [1.165, 1.54) is 19.2 Å². The summed E-state index contributed by atoms with van der Waals surface area (Å²) in [6.45, 7) is 8.00. The summed E-state index contributed by atoms with van der Waals surface area (Å²) in [4.78, 5) is 15.8. The molecule has 3 aromatic rings. The van der Waals surface area contributed by atoms with Crippen LogP contribution in [0.15, 0.2) is 61.2 Å². The Bertz CT molecular complexity index is 921. The zero-order chi connectivity index (χ0) is 20.9. The fourth-order valence-corrected chi connectivity index (χ4v) is 2.18. The monoisotopic (exact) mass is 380 g/mol. The van der Waals surface area contributed by atoms with E-state index >= 15 is 0 Å². The van der Waals surface area contributed by atoms with Gasteiger partial charge in [0.15, 0.2) is 0 Å². The third-order valence-electron chi connectivity index (χ3n) is 3.39. The maximum atomic E-state index is 13.0. The average Bonchev–Trinajstić information content (AvgIpc) is 3.30. The first-order chi connectivity index (χ1) is 13.7. The number of halogens is 1. The number of benzene rings is 2. The Balaban J connectivity index is 0.000000921. The first kappa shape index (κ1) is 22.7. The highest BCUT2D eigenvalue weighted by molar-refractivity contribution is 5.90. The van der Waals surface area contributed by atoms with Crippen LogP contribution in [0.1, 0.15) is 49.2 Å². The van der Waals surface area contributed by atoms with Crippen molar-refractivity contribution in [2.75, 3.05) is 7.11 Å². The number of hydrogen-bond donors (Lipinski definition) is 0. The summed E-state index contributed by atoms with van der Waals surface area (Å²) in [5.74, 6) is 5.25. The normalized spacial score (nSPS) is 8.93. The SMILES string of the molecule is CC.CC.COC(=O)c1ccc(-n2ccnc2)c(C#Cc2ccc(F)cc2)c1. The van der Waals surface area contributed by atoms with E-state index in [9.17, 15) is 9.18 Å². The second kappa shape index (κ2) is 12.1. The minimum absolute atomic E-state index is 0.313. The molecule has 0 N–H and O–H groups in total. The molecule has 0 unspecified atom stereocenters. The van der Waals surface area contributed by atoms with E-state index in [0.717, 1.165) is 5.69 Å². The first-order valence-electron chi connectivity index (χ1n) is 9.15. The van der Waals surface area contributed by atoms with Crippen LogP contribution < -0.4 is 0 Å². The van der Waals surface area contributed by atoms with E-state index in [-0.39, 0.29) is 5.82 Å². The molecular weight excluding hydrogens is 355 g/mol. The molecule has 0 aliphatic heterocycles. The average molecular weight is 380 g/mol. The molecule has 5 heteroatoms. The Kier molecular flexibility index (Phi) is 9.77. The molecule has 4 nitrogen and oxygen atoms in total. The Hall–Kier alpha value is -3.39. The van der Waals surface area contributed by atoms with Crippen LogP contribution in [-0.2, 0) is 4.74 Å². The standard InChI is InChI=1S/C19H13FN2O2.2C2H6/c1-24-19(23)16-6-9-18(22-11-10-21-13-22)15(12-16)5-2-14-3-7-17(20)8-4-14;2*1-2/h3-4,6-13H,1H3;2*1-2H3. The third kappa shape index (κ3) is 6.10. The van der Waals surface area contributed by atoms with Gasteiger partial charge in [0, 0.05) is 23.5 Å². The lowest BCUT2D eigenvalue weighted by atomic mass is 10.1. The van der Waals surface area contributed by atoms with Crippen molar-refractivity contribution in [1.29, 1.82) is 0 Å². The molecule has 0 aliphatic carbocycles. The van der Waals surface area contributed by atoms with Crippen LogP contribution in [-0.4, -0.2) is 22.6 Å². The molecule has 0 bridgehead atoms. The summed E-state index contributed by atoms with van der Waals surface area (Å²) in [5.41, 5.74) is 2.51. The van der Waals surface area contributed by atoms with E-state index in [1.54, 1.807) is 53.6 Å². The number of rotatable bonds is 2. The molecular formula is C23H25FN2O2. The quantitative estimate of drug-likeness (QED) is 0.450. The molecule has 146 valence electrons. The van der Waals surface area contributed by atoms with Crippen molar-refractivity contribution in [3.8, 4) is 17.5 Å². The lowest BCUT2D eigenvalue weighted by Crippen LogP contribution is -2.03. The molecule has 2 aromatic carbocycles. The van der Waals surface area contributed by atoms with Crippen LogP contribution in [0.5, 0.6) is 0 Å². The van der Waals surface area contributed by atoms with Gasteiger partial charge in [0.25, 0.3) is 0 Å². The highest BCUT2D eigenvalue weighted by Gasteiger charge is 2.10. The number of hydrogen-bond acceptors (Lipinski definition) is 3. The molecule has 0 fully saturated rings. The van der Waals surface area contributed by atoms with Gasteiger partial charge in [-0.15, -0.1) is 0 Å². The Morgan fingerprint density at radius 2 is 1.71 bits per heavy atom. The molecule has 0 atom stereocenters. The summed E-state index contributed by atoms with van der Waals surface area (Å²) in [7, 11) is 1.33. The van der Waals surface area contributed by atoms with E-state index < -0.39 is 5.97 Å². The summed E-state index contributed by atoms with van der Waals surface area (Å²) in [6, 6.07) is 11.0. The molecule has 1 heterocycles. The summed E-state index contributed by atoms with van der Waals surface area (Å²) in [6.07, 6.45) is 5.10. The van der Waals surface area contributed by atoms with Crippen LogP contribution in [0.3, 0.4) is 0 Å². The van der Waals surface area contributed by atoms with Gasteiger partial charge in [0.2, 0.25) is 0 Å². The molecule has 28 heavy (non-hydrogen) atoms. The van der Waals surface area contributed by atoms with Gasteiger partial charge in [-0.05, 0) is 42.5 Å². The summed E-state index contributed by atoms with van der Waals surface area (Å²) < 4.78 is 19.5. The smallest absolute Gasteiger partial charge is 0.337 e. The second-order valence-corrected chi connectivity index (χ2v) is 4.95. The van der Waals surface area contributed by atoms with Gasteiger partial charge < -0.3 is 9.30 Å². The number of esters is 1. The highest BCUT2D eigenvalue weighted by atomic mass is 19.1. The Morgan fingerprint density at radius 1 is 1.04 bits per heavy atom. The Labute approximate surface area is 166 Å². The maximum absolute atomic E-state index is 13.0. The van der Waals surface area contributed by atoms with Gasteiger partial charge in [0.1, 0.15) is 5.82 Å². The second-order valence-electron chi connectivity index (χ2n) is 4.95. The predicted octanol–water partition coefficient (Wildman–Crippen LogP) is 5.25. The number of methoxy groups -OCH3 is 1. The molecule has 0 saturated heterocycles. The molecule has 0 saturated carbocycles. The molecule has 0 aliphatic rings. The summed E-state index contributed by atoms with van der Waals surface area (Å²) in [5, 5.41) is 0. The molecule has 0 radical (unpaired) electrons. The van der Waals surface area contributed by atoms with Crippen LogP contribution in [0.2, 0.25) is 0 Å². The molecule has 3 rings (SSSR count). The van der Waals surface area contributed by atoms with Crippen molar-refractivity contribution >= 4 is 5.97 Å². The van der Waals surface area contributed by atoms with E-state index in [1.807, 2.05) is 27.7 Å². The van der Waals surface area contributed by atoms with Crippen LogP contribution in [0, 0.1) is 17.7 Å². The van der Waals surface area contributed by atoms with Crippen LogP contribution in [0.25, 0.3) is 5.69 Å². The van der Waals surface area contributed by atoms with Crippen molar-refractivity contribution in [1.82, 2.24) is 9.55 Å². The predicted molar refractivity (Wildman–Crippen MR) is 110 cm³/mol. The van der Waals surface area contributed by atoms with Gasteiger partial charge in [-0.2, -0.15) is 0 Å². The lowest BCUT2D eigenvalue weighted by Gasteiger charge is -2.07. The highest BCUT2D eigenvalue weighted by Crippen LogP contribution is 2.17. The van der Waals surface area contributed by atoms with E-state index in [2.05, 4.69) is 16.8 Å². The zero-order valence-corrected chi connectivity index (χ0v) is 16.9. The molecule has 0 amide bonds. The van der Waals surface area contributed by atoms with Gasteiger partial charge in [-0.1, -0.05) is 39.5 Å².